The zero-order chi connectivity index (χ0) is 17.5. The van der Waals surface area contributed by atoms with Gasteiger partial charge in [0.2, 0.25) is 0 Å². The van der Waals surface area contributed by atoms with Crippen molar-refractivity contribution in [3.05, 3.63) is 57.0 Å². The van der Waals surface area contributed by atoms with Crippen molar-refractivity contribution < 1.29 is 14.3 Å². The Bertz CT molecular complexity index is 749. The van der Waals surface area contributed by atoms with Gasteiger partial charge >= 0.3 is 0 Å². The highest BCUT2D eigenvalue weighted by Gasteiger charge is 2.09. The van der Waals surface area contributed by atoms with Gasteiger partial charge in [0.25, 0.3) is 5.91 Å². The Balaban J connectivity index is 1.85. The molecule has 0 bridgehead atoms. The van der Waals surface area contributed by atoms with Gasteiger partial charge < -0.3 is 9.47 Å². The van der Waals surface area contributed by atoms with Crippen LogP contribution >= 0.6 is 34.8 Å². The number of nitrogens with zero attached hydrogens (tertiary/aromatic N) is 1. The molecule has 0 aliphatic carbocycles. The molecule has 5 nitrogen and oxygen atoms in total. The summed E-state index contributed by atoms with van der Waals surface area (Å²) in [4.78, 5) is 11.7. The molecule has 1 amide bonds. The maximum absolute atomic E-state index is 11.7. The van der Waals surface area contributed by atoms with Gasteiger partial charge in [-0.1, -0.05) is 34.8 Å². The number of nitrogens with one attached hydrogen (secondary N) is 1. The Morgan fingerprint density at radius 3 is 2.46 bits per heavy atom. The molecule has 126 valence electrons. The molecule has 0 unspecified atom stereocenters. The van der Waals surface area contributed by atoms with Crippen LogP contribution in [0.1, 0.15) is 5.56 Å². The summed E-state index contributed by atoms with van der Waals surface area (Å²) in [7, 11) is 1.59. The van der Waals surface area contributed by atoms with Gasteiger partial charge in [-0.25, -0.2) is 5.43 Å². The molecule has 0 spiro atoms. The minimum absolute atomic E-state index is 0.263. The summed E-state index contributed by atoms with van der Waals surface area (Å²) in [5.41, 5.74) is 3.16. The zero-order valence-electron chi connectivity index (χ0n) is 12.6. The van der Waals surface area contributed by atoms with E-state index in [1.165, 1.54) is 18.3 Å². The molecule has 0 saturated carbocycles. The van der Waals surface area contributed by atoms with E-state index in [0.717, 1.165) is 11.3 Å². The molecule has 0 radical (unpaired) electrons. The first-order valence-corrected chi connectivity index (χ1v) is 7.86. The standard InChI is InChI=1S/C16H13Cl3N2O3/c1-23-11-4-2-10(3-5-11)8-20-21-16(22)9-24-15-7-13(18)12(17)6-14(15)19/h2-8H,9H2,1H3,(H,21,22). The highest BCUT2D eigenvalue weighted by atomic mass is 35.5. The summed E-state index contributed by atoms with van der Waals surface area (Å²) >= 11 is 17.6. The molecule has 0 atom stereocenters. The van der Waals surface area contributed by atoms with E-state index in [2.05, 4.69) is 10.5 Å². The zero-order valence-corrected chi connectivity index (χ0v) is 14.8. The molecule has 0 aliphatic rings. The molecule has 0 heterocycles. The fraction of sp³-hybridized carbons (Fsp3) is 0.125. The lowest BCUT2D eigenvalue weighted by molar-refractivity contribution is -0.123. The Morgan fingerprint density at radius 2 is 1.79 bits per heavy atom. The number of methoxy groups -OCH3 is 1. The van der Waals surface area contributed by atoms with E-state index in [4.69, 9.17) is 44.3 Å². The van der Waals surface area contributed by atoms with Crippen LogP contribution in [0.3, 0.4) is 0 Å². The Labute approximate surface area is 154 Å². The first-order chi connectivity index (χ1) is 11.5. The second-order valence-electron chi connectivity index (χ2n) is 4.55. The van der Waals surface area contributed by atoms with Gasteiger partial charge in [0.05, 0.1) is 28.4 Å². The molecule has 0 aliphatic heterocycles. The van der Waals surface area contributed by atoms with Crippen LogP contribution in [0.25, 0.3) is 0 Å². The Morgan fingerprint density at radius 1 is 1.12 bits per heavy atom. The first-order valence-electron chi connectivity index (χ1n) is 6.73. The van der Waals surface area contributed by atoms with Gasteiger partial charge in [0, 0.05) is 6.07 Å². The average molecular weight is 388 g/mol. The lowest BCUT2D eigenvalue weighted by Gasteiger charge is -2.08. The second kappa shape index (κ2) is 8.78. The number of halogens is 3. The SMILES string of the molecule is COc1ccc(C=NNC(=O)COc2cc(Cl)c(Cl)cc2Cl)cc1. The number of carbonyl (C=O) groups excluding carboxylic acids is 1. The fourth-order valence-electron chi connectivity index (χ4n) is 1.66. The highest BCUT2D eigenvalue weighted by Crippen LogP contribution is 2.33. The second-order valence-corrected chi connectivity index (χ2v) is 5.77. The maximum Gasteiger partial charge on any atom is 0.277 e. The van der Waals surface area contributed by atoms with Crippen LogP contribution < -0.4 is 14.9 Å². The summed E-state index contributed by atoms with van der Waals surface area (Å²) in [5, 5.41) is 4.69. The van der Waals surface area contributed by atoms with E-state index in [-0.39, 0.29) is 22.4 Å². The number of rotatable bonds is 6. The van der Waals surface area contributed by atoms with Crippen LogP contribution in [0.5, 0.6) is 11.5 Å². The fourth-order valence-corrected chi connectivity index (χ4v) is 2.25. The van der Waals surface area contributed by atoms with E-state index in [9.17, 15) is 4.79 Å². The molecule has 0 aromatic heterocycles. The average Bonchev–Trinajstić information content (AvgIpc) is 2.57. The number of hydrazone groups is 1. The molecule has 0 saturated heterocycles. The molecular weight excluding hydrogens is 375 g/mol. The van der Waals surface area contributed by atoms with E-state index >= 15 is 0 Å². The van der Waals surface area contributed by atoms with Crippen LogP contribution in [0.2, 0.25) is 15.1 Å². The van der Waals surface area contributed by atoms with Gasteiger partial charge in [-0.15, -0.1) is 0 Å². The van der Waals surface area contributed by atoms with Crippen molar-refractivity contribution in [2.75, 3.05) is 13.7 Å². The summed E-state index contributed by atoms with van der Waals surface area (Å²) < 4.78 is 10.3. The quantitative estimate of drug-likeness (QED) is 0.459. The van der Waals surface area contributed by atoms with E-state index in [0.29, 0.717) is 5.02 Å². The van der Waals surface area contributed by atoms with Crippen LogP contribution in [0.4, 0.5) is 0 Å². The molecule has 0 fully saturated rings. The van der Waals surface area contributed by atoms with Crippen molar-refractivity contribution in [3.8, 4) is 11.5 Å². The number of hydrogen-bond acceptors (Lipinski definition) is 4. The predicted octanol–water partition coefficient (Wildman–Crippen LogP) is 4.18. The van der Waals surface area contributed by atoms with Crippen LogP contribution in [-0.2, 0) is 4.79 Å². The molecule has 2 rings (SSSR count). The predicted molar refractivity (Wildman–Crippen MR) is 95.7 cm³/mol. The smallest absolute Gasteiger partial charge is 0.277 e. The van der Waals surface area contributed by atoms with Crippen molar-refractivity contribution in [2.24, 2.45) is 5.10 Å². The van der Waals surface area contributed by atoms with Gasteiger partial charge in [0.1, 0.15) is 11.5 Å². The van der Waals surface area contributed by atoms with Crippen LogP contribution in [0.15, 0.2) is 41.5 Å². The minimum atomic E-state index is -0.443. The monoisotopic (exact) mass is 386 g/mol. The first kappa shape index (κ1) is 18.4. The lowest BCUT2D eigenvalue weighted by atomic mass is 10.2. The van der Waals surface area contributed by atoms with Crippen LogP contribution in [-0.4, -0.2) is 25.8 Å². The third-order valence-corrected chi connectivity index (χ3v) is 3.87. The molecule has 2 aromatic carbocycles. The largest absolute Gasteiger partial charge is 0.497 e. The summed E-state index contributed by atoms with van der Waals surface area (Å²) in [5.74, 6) is 0.561. The summed E-state index contributed by atoms with van der Waals surface area (Å²) in [6, 6.07) is 10.1. The topological polar surface area (TPSA) is 59.9 Å². The molecule has 1 N–H and O–H groups in total. The molecular formula is C16H13Cl3N2O3. The normalized spacial score (nSPS) is 10.7. The van der Waals surface area contributed by atoms with Crippen molar-refractivity contribution in [3.63, 3.8) is 0 Å². The minimum Gasteiger partial charge on any atom is -0.497 e. The number of carbonyl (C=O) groups is 1. The third-order valence-electron chi connectivity index (χ3n) is 2.85. The van der Waals surface area contributed by atoms with Gasteiger partial charge in [-0.3, -0.25) is 4.79 Å². The van der Waals surface area contributed by atoms with Crippen molar-refractivity contribution >= 4 is 46.9 Å². The van der Waals surface area contributed by atoms with E-state index < -0.39 is 5.91 Å². The Hall–Kier alpha value is -1.95. The number of ether oxygens (including phenoxy) is 2. The van der Waals surface area contributed by atoms with Gasteiger partial charge in [-0.05, 0) is 35.9 Å². The maximum atomic E-state index is 11.7. The highest BCUT2D eigenvalue weighted by molar-refractivity contribution is 6.43. The number of hydrogen-bond donors (Lipinski definition) is 1. The lowest BCUT2D eigenvalue weighted by Crippen LogP contribution is -2.24. The van der Waals surface area contributed by atoms with Crippen LogP contribution in [0, 0.1) is 0 Å². The van der Waals surface area contributed by atoms with Crippen molar-refractivity contribution in [2.45, 2.75) is 0 Å². The summed E-state index contributed by atoms with van der Waals surface area (Å²) in [6.07, 6.45) is 1.50. The van der Waals surface area contributed by atoms with Gasteiger partial charge in [-0.2, -0.15) is 5.10 Å². The number of amides is 1. The number of benzene rings is 2. The van der Waals surface area contributed by atoms with E-state index in [1.807, 2.05) is 0 Å². The Kier molecular flexibility index (Phi) is 6.73. The van der Waals surface area contributed by atoms with E-state index in [1.54, 1.807) is 31.4 Å². The van der Waals surface area contributed by atoms with Gasteiger partial charge in [0.15, 0.2) is 6.61 Å². The third kappa shape index (κ3) is 5.30. The van der Waals surface area contributed by atoms with Crippen molar-refractivity contribution in [1.29, 1.82) is 0 Å². The molecule has 24 heavy (non-hydrogen) atoms. The summed E-state index contributed by atoms with van der Waals surface area (Å²) in [6.45, 7) is -0.266. The van der Waals surface area contributed by atoms with Crippen molar-refractivity contribution in [1.82, 2.24) is 5.43 Å². The molecule has 2 aromatic rings. The molecule has 8 heteroatoms.